The van der Waals surface area contributed by atoms with Crippen molar-refractivity contribution in [2.75, 3.05) is 6.54 Å². The lowest BCUT2D eigenvalue weighted by Crippen LogP contribution is -2.27. The Balaban J connectivity index is 1.60. The summed E-state index contributed by atoms with van der Waals surface area (Å²) < 4.78 is 8.16. The molecular weight excluding hydrogens is 516 g/mol. The second-order valence-electron chi connectivity index (χ2n) is 8.01. The Morgan fingerprint density at radius 1 is 1.08 bits per heavy atom. The van der Waals surface area contributed by atoms with Gasteiger partial charge in [0.05, 0.1) is 20.8 Å². The third-order valence-electron chi connectivity index (χ3n) is 5.61. The Morgan fingerprint density at radius 3 is 2.41 bits per heavy atom. The molecule has 188 valence electrons. The topological polar surface area (TPSA) is 121 Å². The van der Waals surface area contributed by atoms with Gasteiger partial charge in [0, 0.05) is 29.7 Å². The van der Waals surface area contributed by atoms with Gasteiger partial charge in [-0.2, -0.15) is 0 Å². The first-order chi connectivity index (χ1) is 17.6. The van der Waals surface area contributed by atoms with E-state index in [-0.39, 0.29) is 11.7 Å². The average molecular weight is 537 g/mol. The number of non-ortho nitro benzene ring substituents is 1. The second kappa shape index (κ2) is 10.4. The van der Waals surface area contributed by atoms with Gasteiger partial charge in [-0.1, -0.05) is 30.1 Å². The van der Waals surface area contributed by atoms with Crippen molar-refractivity contribution in [2.24, 2.45) is 0 Å². The minimum Gasteiger partial charge on any atom is -0.450 e. The summed E-state index contributed by atoms with van der Waals surface area (Å²) in [5.74, 6) is 0.0727. The van der Waals surface area contributed by atoms with Crippen molar-refractivity contribution in [3.63, 3.8) is 0 Å². The molecule has 1 fully saturated rings. The summed E-state index contributed by atoms with van der Waals surface area (Å²) in [7, 11) is 0. The van der Waals surface area contributed by atoms with E-state index in [2.05, 4.69) is 6.58 Å². The van der Waals surface area contributed by atoms with E-state index in [1.807, 2.05) is 30.6 Å². The molecular formula is C25H20N4O6S2. The Hall–Kier alpha value is -4.29. The van der Waals surface area contributed by atoms with Gasteiger partial charge in [0.15, 0.2) is 0 Å². The molecule has 1 amide bonds. The lowest BCUT2D eigenvalue weighted by molar-refractivity contribution is -0.394. The van der Waals surface area contributed by atoms with E-state index >= 15 is 0 Å². The van der Waals surface area contributed by atoms with Crippen molar-refractivity contribution < 1.29 is 19.4 Å². The number of thioether (sulfide) groups is 1. The molecule has 0 aliphatic carbocycles. The highest BCUT2D eigenvalue weighted by atomic mass is 32.2. The number of hydrogen-bond donors (Lipinski definition) is 0. The molecule has 0 atom stereocenters. The molecule has 3 aromatic rings. The van der Waals surface area contributed by atoms with Crippen LogP contribution in [0.5, 0.6) is 11.5 Å². The predicted molar refractivity (Wildman–Crippen MR) is 145 cm³/mol. The van der Waals surface area contributed by atoms with Crippen molar-refractivity contribution >= 4 is 51.7 Å². The fraction of sp³-hybridized carbons (Fsp3) is 0.120. The number of thiocarbonyl (C=S) groups is 1. The summed E-state index contributed by atoms with van der Waals surface area (Å²) in [6.45, 7) is 7.91. The van der Waals surface area contributed by atoms with Crippen LogP contribution in [0.15, 0.2) is 66.1 Å². The Morgan fingerprint density at radius 2 is 1.78 bits per heavy atom. The molecule has 37 heavy (non-hydrogen) atoms. The van der Waals surface area contributed by atoms with Crippen LogP contribution in [0.2, 0.25) is 0 Å². The number of carbonyl (C=O) groups is 1. The van der Waals surface area contributed by atoms with E-state index < -0.39 is 21.2 Å². The van der Waals surface area contributed by atoms with Gasteiger partial charge in [-0.25, -0.2) is 0 Å². The highest BCUT2D eigenvalue weighted by Crippen LogP contribution is 2.36. The maximum absolute atomic E-state index is 12.7. The lowest BCUT2D eigenvalue weighted by atomic mass is 10.2. The van der Waals surface area contributed by atoms with Crippen molar-refractivity contribution in [1.82, 2.24) is 9.47 Å². The van der Waals surface area contributed by atoms with Crippen LogP contribution in [0.4, 0.5) is 11.4 Å². The molecule has 2 aromatic carbocycles. The zero-order chi connectivity index (χ0) is 26.9. The number of hydrogen-bond acceptors (Lipinski definition) is 8. The van der Waals surface area contributed by atoms with Crippen molar-refractivity contribution in [1.29, 1.82) is 0 Å². The molecule has 12 heteroatoms. The minimum absolute atomic E-state index is 0.104. The maximum atomic E-state index is 12.7. The minimum atomic E-state index is -0.726. The fourth-order valence-corrected chi connectivity index (χ4v) is 5.16. The third-order valence-corrected chi connectivity index (χ3v) is 6.99. The number of carbonyl (C=O) groups excluding carboxylic acids is 1. The number of nitrogens with zero attached hydrogens (tertiary/aromatic N) is 4. The van der Waals surface area contributed by atoms with Crippen LogP contribution in [-0.4, -0.2) is 36.1 Å². The van der Waals surface area contributed by atoms with Crippen LogP contribution >= 0.6 is 24.0 Å². The Kier molecular flexibility index (Phi) is 7.23. The SMILES string of the molecule is C=CCN1C(=O)/C(=C/c2cc(C)n(-c3ccc(Oc4ccc([N+](=O)[O-])cc4[N+](=O)[O-])cc3)c2C)SC1=S. The molecule has 0 saturated carbocycles. The molecule has 0 spiro atoms. The molecule has 2 heterocycles. The Labute approximate surface area is 221 Å². The van der Waals surface area contributed by atoms with Crippen LogP contribution in [-0.2, 0) is 4.79 Å². The summed E-state index contributed by atoms with van der Waals surface area (Å²) >= 11 is 6.57. The summed E-state index contributed by atoms with van der Waals surface area (Å²) in [6.07, 6.45) is 3.46. The molecule has 1 aliphatic heterocycles. The van der Waals surface area contributed by atoms with E-state index in [0.29, 0.717) is 21.5 Å². The summed E-state index contributed by atoms with van der Waals surface area (Å²) in [5, 5.41) is 22.3. The fourth-order valence-electron chi connectivity index (χ4n) is 3.90. The molecule has 0 N–H and O–H groups in total. The number of nitro benzene ring substituents is 2. The van der Waals surface area contributed by atoms with Gasteiger partial charge in [0.2, 0.25) is 5.75 Å². The van der Waals surface area contributed by atoms with E-state index in [4.69, 9.17) is 17.0 Å². The van der Waals surface area contributed by atoms with Gasteiger partial charge < -0.3 is 9.30 Å². The van der Waals surface area contributed by atoms with E-state index in [1.54, 1.807) is 30.3 Å². The average Bonchev–Trinajstić information content (AvgIpc) is 3.28. The first-order valence-corrected chi connectivity index (χ1v) is 12.1. The molecule has 1 aromatic heterocycles. The van der Waals surface area contributed by atoms with Gasteiger partial charge in [0.1, 0.15) is 10.1 Å². The lowest BCUT2D eigenvalue weighted by Gasteiger charge is -2.11. The van der Waals surface area contributed by atoms with Gasteiger partial charge in [-0.05, 0) is 61.9 Å². The normalized spacial score (nSPS) is 14.3. The predicted octanol–water partition coefficient (Wildman–Crippen LogP) is 6.09. The zero-order valence-electron chi connectivity index (χ0n) is 19.7. The highest BCUT2D eigenvalue weighted by Gasteiger charge is 2.31. The van der Waals surface area contributed by atoms with E-state index in [1.165, 1.54) is 22.7 Å². The first-order valence-electron chi connectivity index (χ1n) is 10.9. The zero-order valence-corrected chi connectivity index (χ0v) is 21.4. The monoisotopic (exact) mass is 536 g/mol. The van der Waals surface area contributed by atoms with Crippen LogP contribution in [0.25, 0.3) is 11.8 Å². The van der Waals surface area contributed by atoms with Gasteiger partial charge in [-0.15, -0.1) is 6.58 Å². The smallest absolute Gasteiger partial charge is 0.318 e. The van der Waals surface area contributed by atoms with Crippen molar-refractivity contribution in [3.8, 4) is 17.2 Å². The number of aromatic nitrogens is 1. The number of nitro groups is 2. The molecule has 4 rings (SSSR count). The summed E-state index contributed by atoms with van der Waals surface area (Å²) in [4.78, 5) is 35.6. The standard InChI is InChI=1S/C25H20N4O6S2/c1-4-11-26-24(30)23(37-25(26)36)13-17-12-15(2)27(16(17)3)18-5-8-20(9-6-18)35-22-10-7-19(28(31)32)14-21(22)29(33)34/h4-10,12-14H,1,11H2,2-3H3/b23-13-. The highest BCUT2D eigenvalue weighted by molar-refractivity contribution is 8.26. The third kappa shape index (κ3) is 5.15. The van der Waals surface area contributed by atoms with Crippen LogP contribution in [0.3, 0.4) is 0 Å². The number of amides is 1. The van der Waals surface area contributed by atoms with Gasteiger partial charge in [0.25, 0.3) is 11.6 Å². The van der Waals surface area contributed by atoms with Crippen molar-refractivity contribution in [3.05, 3.63) is 103 Å². The quantitative estimate of drug-likeness (QED) is 0.111. The first kappa shape index (κ1) is 25.8. The van der Waals surface area contributed by atoms with E-state index in [9.17, 15) is 25.0 Å². The van der Waals surface area contributed by atoms with Gasteiger partial charge >= 0.3 is 5.69 Å². The molecule has 0 unspecified atom stereocenters. The number of rotatable bonds is 8. The second-order valence-corrected chi connectivity index (χ2v) is 9.68. The summed E-state index contributed by atoms with van der Waals surface area (Å²) in [5.41, 5.74) is 2.64. The summed E-state index contributed by atoms with van der Waals surface area (Å²) in [6, 6.07) is 12.1. The van der Waals surface area contributed by atoms with Gasteiger partial charge in [-0.3, -0.25) is 29.9 Å². The maximum Gasteiger partial charge on any atom is 0.318 e. The molecule has 10 nitrogen and oxygen atoms in total. The molecule has 1 saturated heterocycles. The molecule has 0 bridgehead atoms. The Bertz CT molecular complexity index is 1490. The molecule has 1 aliphatic rings. The van der Waals surface area contributed by atoms with Crippen LogP contribution in [0.1, 0.15) is 17.0 Å². The number of ether oxygens (including phenoxy) is 1. The largest absolute Gasteiger partial charge is 0.450 e. The van der Waals surface area contributed by atoms with Crippen LogP contribution < -0.4 is 4.74 Å². The van der Waals surface area contributed by atoms with Crippen molar-refractivity contribution in [2.45, 2.75) is 13.8 Å². The number of benzene rings is 2. The molecule has 0 radical (unpaired) electrons. The van der Waals surface area contributed by atoms with Crippen LogP contribution in [0, 0.1) is 34.1 Å². The number of aryl methyl sites for hydroxylation is 1. The van der Waals surface area contributed by atoms with E-state index in [0.717, 1.165) is 34.8 Å².